The third-order valence-electron chi connectivity index (χ3n) is 6.97. The van der Waals surface area contributed by atoms with E-state index >= 15 is 0 Å². The summed E-state index contributed by atoms with van der Waals surface area (Å²) in [6.07, 6.45) is 6.37. The van der Waals surface area contributed by atoms with E-state index in [-0.39, 0.29) is 5.25 Å². The van der Waals surface area contributed by atoms with Gasteiger partial charge in [-0.1, -0.05) is 48.5 Å². The zero-order valence-corrected chi connectivity index (χ0v) is 15.4. The molecule has 1 atom stereocenters. The van der Waals surface area contributed by atoms with Gasteiger partial charge >= 0.3 is 0 Å². The second-order valence-electron chi connectivity index (χ2n) is 8.41. The molecule has 0 aliphatic heterocycles. The molecule has 4 aliphatic rings. The van der Waals surface area contributed by atoms with Crippen molar-refractivity contribution in [2.24, 2.45) is 23.7 Å². The van der Waals surface area contributed by atoms with Crippen molar-refractivity contribution < 1.29 is 5.11 Å². The Morgan fingerprint density at radius 3 is 1.84 bits per heavy atom. The Bertz CT molecular complexity index is 698. The number of thioether (sulfide) groups is 1. The molecule has 4 saturated carbocycles. The van der Waals surface area contributed by atoms with Gasteiger partial charge in [-0.3, -0.25) is 0 Å². The van der Waals surface area contributed by atoms with Gasteiger partial charge in [0.05, 0.1) is 10.9 Å². The molecule has 2 aromatic rings. The van der Waals surface area contributed by atoms with Crippen molar-refractivity contribution in [1.82, 2.24) is 0 Å². The van der Waals surface area contributed by atoms with Crippen LogP contribution in [0.2, 0.25) is 0 Å². The van der Waals surface area contributed by atoms with Gasteiger partial charge in [-0.25, -0.2) is 0 Å². The zero-order valence-electron chi connectivity index (χ0n) is 14.6. The molecule has 0 saturated heterocycles. The van der Waals surface area contributed by atoms with Crippen molar-refractivity contribution in [3.63, 3.8) is 0 Å². The lowest BCUT2D eigenvalue weighted by Gasteiger charge is -2.61. The first-order valence-electron chi connectivity index (χ1n) is 9.72. The van der Waals surface area contributed by atoms with E-state index in [1.54, 1.807) is 0 Å². The molecule has 0 spiro atoms. The fourth-order valence-corrected chi connectivity index (χ4v) is 7.51. The largest absolute Gasteiger partial charge is 0.388 e. The summed E-state index contributed by atoms with van der Waals surface area (Å²) < 4.78 is 0. The van der Waals surface area contributed by atoms with Crippen molar-refractivity contribution in [3.05, 3.63) is 66.2 Å². The highest BCUT2D eigenvalue weighted by Crippen LogP contribution is 2.64. The molecule has 2 heteroatoms. The number of rotatable bonds is 4. The Kier molecular flexibility index (Phi) is 3.94. The predicted octanol–water partition coefficient (Wildman–Crippen LogP) is 5.71. The van der Waals surface area contributed by atoms with Crippen LogP contribution in [0.4, 0.5) is 0 Å². The Morgan fingerprint density at radius 1 is 0.760 bits per heavy atom. The molecule has 2 aromatic carbocycles. The van der Waals surface area contributed by atoms with Crippen LogP contribution in [-0.2, 0) is 0 Å². The Hall–Kier alpha value is -1.25. The van der Waals surface area contributed by atoms with Crippen molar-refractivity contribution in [2.45, 2.75) is 47.9 Å². The number of hydrogen-bond acceptors (Lipinski definition) is 2. The lowest BCUT2D eigenvalue weighted by atomic mass is 9.49. The molecular weight excluding hydrogens is 324 g/mol. The highest BCUT2D eigenvalue weighted by Gasteiger charge is 2.60. The summed E-state index contributed by atoms with van der Waals surface area (Å²) >= 11 is 1.87. The summed E-state index contributed by atoms with van der Waals surface area (Å²) in [5, 5.41) is 12.3. The van der Waals surface area contributed by atoms with Gasteiger partial charge in [0, 0.05) is 4.90 Å². The average molecular weight is 351 g/mol. The molecule has 1 N–H and O–H groups in total. The standard InChI is InChI=1S/C23H26OS/c24-23(19-12-16-11-17(14-19)15-20(23)13-16)22(18-7-3-1-4-8-18)25-21-9-5-2-6-10-21/h1-10,16-17,19-20,22,24H,11-15H2. The van der Waals surface area contributed by atoms with E-state index in [0.717, 1.165) is 11.8 Å². The zero-order chi connectivity index (χ0) is 16.9. The van der Waals surface area contributed by atoms with E-state index in [2.05, 4.69) is 60.7 Å². The first kappa shape index (κ1) is 16.0. The van der Waals surface area contributed by atoms with Gasteiger partial charge in [0.15, 0.2) is 0 Å². The van der Waals surface area contributed by atoms with E-state index in [9.17, 15) is 5.11 Å². The van der Waals surface area contributed by atoms with Crippen LogP contribution < -0.4 is 0 Å². The van der Waals surface area contributed by atoms with E-state index in [4.69, 9.17) is 0 Å². The molecule has 4 fully saturated rings. The molecule has 1 unspecified atom stereocenters. The highest BCUT2D eigenvalue weighted by molar-refractivity contribution is 7.99. The molecule has 0 heterocycles. The monoisotopic (exact) mass is 350 g/mol. The SMILES string of the molecule is OC1(C(Sc2ccccc2)c2ccccc2)C2CC3CC(C2)CC1C3. The molecule has 0 aromatic heterocycles. The molecule has 6 rings (SSSR count). The molecule has 0 radical (unpaired) electrons. The molecule has 25 heavy (non-hydrogen) atoms. The highest BCUT2D eigenvalue weighted by atomic mass is 32.2. The quantitative estimate of drug-likeness (QED) is 0.713. The number of benzene rings is 2. The van der Waals surface area contributed by atoms with Crippen molar-refractivity contribution >= 4 is 11.8 Å². The lowest BCUT2D eigenvalue weighted by molar-refractivity contribution is -0.173. The summed E-state index contributed by atoms with van der Waals surface area (Å²) in [6.45, 7) is 0. The van der Waals surface area contributed by atoms with Gasteiger partial charge in [0.25, 0.3) is 0 Å². The predicted molar refractivity (Wildman–Crippen MR) is 103 cm³/mol. The van der Waals surface area contributed by atoms with Gasteiger partial charge in [-0.15, -0.1) is 11.8 Å². The Balaban J connectivity index is 1.55. The maximum atomic E-state index is 12.1. The summed E-state index contributed by atoms with van der Waals surface area (Å²) in [5.74, 6) is 2.71. The van der Waals surface area contributed by atoms with E-state index < -0.39 is 5.60 Å². The minimum atomic E-state index is -0.560. The number of aliphatic hydroxyl groups is 1. The molecule has 1 nitrogen and oxygen atoms in total. The molecule has 130 valence electrons. The van der Waals surface area contributed by atoms with Crippen LogP contribution >= 0.6 is 11.8 Å². The fourth-order valence-electron chi connectivity index (χ4n) is 6.06. The first-order valence-corrected chi connectivity index (χ1v) is 10.6. The Morgan fingerprint density at radius 2 is 1.28 bits per heavy atom. The van der Waals surface area contributed by atoms with Crippen LogP contribution in [0.15, 0.2) is 65.6 Å². The van der Waals surface area contributed by atoms with Crippen LogP contribution in [0.3, 0.4) is 0 Å². The summed E-state index contributed by atoms with van der Waals surface area (Å²) in [6, 6.07) is 21.4. The maximum Gasteiger partial charge on any atom is 0.0866 e. The third kappa shape index (κ3) is 2.65. The van der Waals surface area contributed by atoms with Gasteiger partial charge in [0.2, 0.25) is 0 Å². The van der Waals surface area contributed by atoms with E-state index in [0.29, 0.717) is 11.8 Å². The van der Waals surface area contributed by atoms with Crippen LogP contribution in [-0.4, -0.2) is 10.7 Å². The van der Waals surface area contributed by atoms with Crippen molar-refractivity contribution in [1.29, 1.82) is 0 Å². The van der Waals surface area contributed by atoms with Gasteiger partial charge < -0.3 is 5.11 Å². The summed E-state index contributed by atoms with van der Waals surface area (Å²) in [5.41, 5.74) is 0.723. The lowest BCUT2D eigenvalue weighted by Crippen LogP contribution is -2.59. The van der Waals surface area contributed by atoms with Gasteiger partial charge in [0.1, 0.15) is 0 Å². The maximum absolute atomic E-state index is 12.1. The first-order chi connectivity index (χ1) is 12.2. The minimum Gasteiger partial charge on any atom is -0.388 e. The van der Waals surface area contributed by atoms with Crippen molar-refractivity contribution in [2.75, 3.05) is 0 Å². The fraction of sp³-hybridized carbons (Fsp3) is 0.478. The third-order valence-corrected chi connectivity index (χ3v) is 8.40. The van der Waals surface area contributed by atoms with Crippen LogP contribution in [0.5, 0.6) is 0 Å². The topological polar surface area (TPSA) is 20.2 Å². The van der Waals surface area contributed by atoms with Crippen molar-refractivity contribution in [3.8, 4) is 0 Å². The van der Waals surface area contributed by atoms with Crippen LogP contribution in [0.25, 0.3) is 0 Å². The van der Waals surface area contributed by atoms with Gasteiger partial charge in [-0.05, 0) is 73.5 Å². The minimum absolute atomic E-state index is 0.131. The molecule has 0 amide bonds. The molecule has 4 aliphatic carbocycles. The normalized spacial score (nSPS) is 37.2. The second-order valence-corrected chi connectivity index (χ2v) is 9.59. The van der Waals surface area contributed by atoms with Crippen LogP contribution in [0, 0.1) is 23.7 Å². The second kappa shape index (κ2) is 6.17. The van der Waals surface area contributed by atoms with Gasteiger partial charge in [-0.2, -0.15) is 0 Å². The average Bonchev–Trinajstić information content (AvgIpc) is 2.65. The van der Waals surface area contributed by atoms with E-state index in [1.165, 1.54) is 42.6 Å². The number of hydrogen-bond donors (Lipinski definition) is 1. The molecule has 4 bridgehead atoms. The summed E-state index contributed by atoms with van der Waals surface area (Å²) in [4.78, 5) is 1.26. The van der Waals surface area contributed by atoms with E-state index in [1.807, 2.05) is 11.8 Å². The smallest absolute Gasteiger partial charge is 0.0866 e. The molecular formula is C23H26OS. The summed E-state index contributed by atoms with van der Waals surface area (Å²) in [7, 11) is 0. The Labute approximate surface area is 154 Å². The van der Waals surface area contributed by atoms with Crippen LogP contribution in [0.1, 0.15) is 42.9 Å².